The van der Waals surface area contributed by atoms with Crippen LogP contribution in [-0.4, -0.2) is 51.7 Å². The summed E-state index contributed by atoms with van der Waals surface area (Å²) in [5.74, 6) is 0.590. The van der Waals surface area contributed by atoms with Crippen molar-refractivity contribution < 1.29 is 0 Å². The topological polar surface area (TPSA) is 55.4 Å². The molecule has 0 saturated carbocycles. The van der Waals surface area contributed by atoms with Crippen molar-refractivity contribution in [1.82, 2.24) is 15.0 Å². The Kier molecular flexibility index (Phi) is 8.66. The van der Waals surface area contributed by atoms with E-state index in [9.17, 15) is 0 Å². The molecule has 1 atom stereocenters. The van der Waals surface area contributed by atoms with Gasteiger partial charge in [0, 0.05) is 0 Å². The monoisotopic (exact) mass is 781 g/mol. The van der Waals surface area contributed by atoms with Gasteiger partial charge in [0.2, 0.25) is 0 Å². The molecule has 0 fully saturated rings. The third-order valence-electron chi connectivity index (χ3n) is 7.24. The van der Waals surface area contributed by atoms with Crippen molar-refractivity contribution in [2.75, 3.05) is 0 Å². The predicted molar refractivity (Wildman–Crippen MR) is 175 cm³/mol. The van der Waals surface area contributed by atoms with Gasteiger partial charge in [-0.15, -0.1) is 0 Å². The zero-order valence-electron chi connectivity index (χ0n) is 23.9. The molecule has 3 aromatic heterocycles. The molecular weight excluding hydrogens is 740 g/mol. The van der Waals surface area contributed by atoms with Crippen LogP contribution >= 0.6 is 22.7 Å². The van der Waals surface area contributed by atoms with Crippen LogP contribution in [0.25, 0.3) is 31.9 Å². The number of benzene rings is 1. The summed E-state index contributed by atoms with van der Waals surface area (Å²) in [4.78, 5) is 19.4. The first-order chi connectivity index (χ1) is 18.0. The second-order valence-corrected chi connectivity index (χ2v) is 45.9. The quantitative estimate of drug-likeness (QED) is 0.133. The summed E-state index contributed by atoms with van der Waals surface area (Å²) in [6, 6.07) is 9.29. The summed E-state index contributed by atoms with van der Waals surface area (Å²) in [5, 5.41) is 10.4. The molecule has 1 aromatic carbocycles. The molecule has 5 nitrogen and oxygen atoms in total. The molecule has 0 bridgehead atoms. The average Bonchev–Trinajstić information content (AvgIpc) is 3.64. The van der Waals surface area contributed by atoms with Crippen molar-refractivity contribution >= 4 is 99.0 Å². The molecular formula is C28H39N5S3Sn2. The van der Waals surface area contributed by atoms with Crippen molar-refractivity contribution in [2.24, 2.45) is 14.6 Å². The van der Waals surface area contributed by atoms with E-state index in [0.29, 0.717) is 5.92 Å². The van der Waals surface area contributed by atoms with Gasteiger partial charge in [0.25, 0.3) is 0 Å². The van der Waals surface area contributed by atoms with Crippen molar-refractivity contribution in [3.8, 4) is 20.9 Å². The van der Waals surface area contributed by atoms with Gasteiger partial charge in [-0.05, 0) is 0 Å². The minimum absolute atomic E-state index is 0.590. The number of rotatable bonds is 10. The Balaban J connectivity index is 1.74. The summed E-state index contributed by atoms with van der Waals surface area (Å²) >= 11 is 0.775. The predicted octanol–water partition coefficient (Wildman–Crippen LogP) is 8.92. The van der Waals surface area contributed by atoms with Crippen molar-refractivity contribution in [2.45, 2.75) is 75.7 Å². The normalized spacial score (nSPS) is 14.3. The minimum atomic E-state index is -2.21. The van der Waals surface area contributed by atoms with E-state index >= 15 is 0 Å². The van der Waals surface area contributed by atoms with E-state index in [0.717, 1.165) is 46.5 Å². The van der Waals surface area contributed by atoms with Crippen LogP contribution in [0, 0.1) is 5.92 Å². The summed E-state index contributed by atoms with van der Waals surface area (Å²) in [5.41, 5.74) is 6.18. The zero-order chi connectivity index (χ0) is 27.2. The maximum absolute atomic E-state index is 5.21. The van der Waals surface area contributed by atoms with Crippen molar-refractivity contribution in [3.05, 3.63) is 24.3 Å². The van der Waals surface area contributed by atoms with Crippen LogP contribution in [0.4, 0.5) is 11.4 Å². The van der Waals surface area contributed by atoms with Crippen LogP contribution in [0.3, 0.4) is 0 Å². The molecule has 38 heavy (non-hydrogen) atoms. The molecule has 0 spiro atoms. The Morgan fingerprint density at radius 3 is 1.66 bits per heavy atom. The number of aromatic nitrogens is 3. The zero-order valence-corrected chi connectivity index (χ0v) is 32.0. The van der Waals surface area contributed by atoms with Gasteiger partial charge in [0.15, 0.2) is 0 Å². The van der Waals surface area contributed by atoms with Gasteiger partial charge in [-0.25, -0.2) is 0 Å². The van der Waals surface area contributed by atoms with E-state index in [1.807, 2.05) is 27.5 Å². The second kappa shape index (κ2) is 11.4. The molecule has 0 aliphatic carbocycles. The summed E-state index contributed by atoms with van der Waals surface area (Å²) in [6.07, 6.45) is 4.86. The molecule has 0 amide bonds. The molecule has 202 valence electrons. The molecule has 0 N–H and O–H groups in total. The van der Waals surface area contributed by atoms with Crippen LogP contribution < -0.4 is 5.79 Å². The summed E-state index contributed by atoms with van der Waals surface area (Å²) in [7, 11) is 0. The van der Waals surface area contributed by atoms with Crippen LogP contribution in [-0.2, 0) is 17.9 Å². The molecule has 1 unspecified atom stereocenters. The van der Waals surface area contributed by atoms with Crippen LogP contribution in [0.5, 0.6) is 0 Å². The van der Waals surface area contributed by atoms with Gasteiger partial charge < -0.3 is 0 Å². The first-order valence-corrected chi connectivity index (χ1v) is 36.1. The van der Waals surface area contributed by atoms with Gasteiger partial charge >= 0.3 is 243 Å². The van der Waals surface area contributed by atoms with Gasteiger partial charge in [-0.1, -0.05) is 6.92 Å². The Morgan fingerprint density at radius 2 is 1.26 bits per heavy atom. The fourth-order valence-corrected chi connectivity index (χ4v) is 18.1. The summed E-state index contributed by atoms with van der Waals surface area (Å²) < 4.78 is 12.9. The Labute approximate surface area is 247 Å². The first-order valence-electron chi connectivity index (χ1n) is 13.8. The third kappa shape index (κ3) is 5.76. The fraction of sp³-hybridized carbons (Fsp3) is 0.500. The SMILES string of the molecule is CCCCC(CC)Cn1nc2c(-c3cc[c]([Sn]([CH3])([CH3])[CH3])s3)c3c(c(-c4cc[c]([Sn]([CH3])([CH3])[CH3])s4)c2n1)N=S=N3. The van der Waals surface area contributed by atoms with Crippen molar-refractivity contribution in [1.29, 1.82) is 0 Å². The van der Waals surface area contributed by atoms with E-state index in [4.69, 9.17) is 18.9 Å². The number of nitrogens with zero attached hydrogens (tertiary/aromatic N) is 5. The Morgan fingerprint density at radius 1 is 0.763 bits per heavy atom. The van der Waals surface area contributed by atoms with Crippen molar-refractivity contribution in [3.63, 3.8) is 0 Å². The third-order valence-corrected chi connectivity index (χ3v) is 29.0. The van der Waals surface area contributed by atoms with Crippen LogP contribution in [0.15, 0.2) is 33.0 Å². The van der Waals surface area contributed by atoms with Gasteiger partial charge in [0.1, 0.15) is 0 Å². The van der Waals surface area contributed by atoms with E-state index in [2.05, 4.69) is 67.8 Å². The van der Waals surface area contributed by atoms with Crippen LogP contribution in [0.1, 0.15) is 39.5 Å². The molecule has 4 aromatic rings. The Hall–Kier alpha value is -0.563. The standard InChI is InChI=1S/C22H21N5S3.6CH3.2Sn/c1-3-5-8-14(4-2)13-27-23-19-17(15-9-6-11-28-15)21-22(26-30-25-21)18(20(19)24-27)16-10-7-12-29-16;;;;;;;;/h6-7,9-10,14H,3-5,8,13H2,1-2H3;6*1H3;;. The molecule has 0 radical (unpaired) electrons. The number of fused-ring (bicyclic) bond motifs is 2. The van der Waals surface area contributed by atoms with Gasteiger partial charge in [0.05, 0.1) is 0 Å². The molecule has 0 saturated heterocycles. The van der Waals surface area contributed by atoms with E-state index < -0.39 is 36.8 Å². The van der Waals surface area contributed by atoms with Gasteiger partial charge in [-0.2, -0.15) is 0 Å². The summed E-state index contributed by atoms with van der Waals surface area (Å²) in [6.45, 7) is 5.42. The van der Waals surface area contributed by atoms with E-state index in [-0.39, 0.29) is 0 Å². The van der Waals surface area contributed by atoms with E-state index in [1.54, 1.807) is 5.79 Å². The molecule has 1 aliphatic rings. The number of thiophene rings is 2. The maximum atomic E-state index is 5.21. The van der Waals surface area contributed by atoms with E-state index in [1.165, 1.54) is 40.4 Å². The molecule has 10 heteroatoms. The van der Waals surface area contributed by atoms with Crippen LogP contribution in [0.2, 0.25) is 29.6 Å². The number of unbranched alkanes of at least 4 members (excludes halogenated alkanes) is 1. The molecule has 5 rings (SSSR count). The number of hydrogen-bond donors (Lipinski definition) is 0. The second-order valence-electron chi connectivity index (χ2n) is 12.4. The first kappa shape index (κ1) is 28.9. The Bertz CT molecular complexity index is 1440. The fourth-order valence-electron chi connectivity index (χ4n) is 4.87. The molecule has 1 aliphatic heterocycles. The average molecular weight is 779 g/mol. The van der Waals surface area contributed by atoms with Gasteiger partial charge in [-0.3, -0.25) is 0 Å². The molecule has 4 heterocycles. The number of hydrogen-bond acceptors (Lipinski definition) is 6.